The van der Waals surface area contributed by atoms with E-state index in [1.807, 2.05) is 12.4 Å². The van der Waals surface area contributed by atoms with Crippen LogP contribution >= 0.6 is 0 Å². The molecule has 0 N–H and O–H groups in total. The van der Waals surface area contributed by atoms with Crippen LogP contribution in [0.3, 0.4) is 0 Å². The monoisotopic (exact) mass is 483 g/mol. The number of pyridine rings is 3. The van der Waals surface area contributed by atoms with Gasteiger partial charge in [0.1, 0.15) is 11.5 Å². The van der Waals surface area contributed by atoms with Crippen LogP contribution in [-0.4, -0.2) is 4.98 Å². The van der Waals surface area contributed by atoms with E-state index in [-0.39, 0.29) is 0 Å². The van der Waals surface area contributed by atoms with Gasteiger partial charge in [0.05, 0.1) is 21.5 Å². The van der Waals surface area contributed by atoms with Crippen molar-refractivity contribution in [1.82, 2.24) is 4.98 Å². The lowest BCUT2D eigenvalue weighted by atomic mass is 9.85. The first-order valence-corrected chi connectivity index (χ1v) is 13.1. The Morgan fingerprint density at radius 2 is 1.08 bits per heavy atom. The van der Waals surface area contributed by atoms with Gasteiger partial charge in [-0.05, 0) is 69.4 Å². The summed E-state index contributed by atoms with van der Waals surface area (Å²) < 4.78 is 11.8. The molecule has 0 aliphatic carbocycles. The molecule has 4 heteroatoms. The smallest absolute Gasteiger partial charge is 0.425 e. The van der Waals surface area contributed by atoms with Crippen molar-refractivity contribution in [3.05, 3.63) is 115 Å². The zero-order chi connectivity index (χ0) is 24.3. The van der Waals surface area contributed by atoms with E-state index in [9.17, 15) is 0 Å². The number of benzene rings is 5. The minimum absolute atomic E-state index is 0.562. The van der Waals surface area contributed by atoms with E-state index in [0.29, 0.717) is 0 Å². The number of rotatable bonds is 0. The fourth-order valence-corrected chi connectivity index (χ4v) is 8.11. The van der Waals surface area contributed by atoms with Crippen molar-refractivity contribution in [3.8, 4) is 11.5 Å². The molecule has 3 aliphatic rings. The average molecular weight is 484 g/mol. The molecule has 3 aliphatic heterocycles. The van der Waals surface area contributed by atoms with Gasteiger partial charge in [-0.2, -0.15) is 0 Å². The molecule has 172 valence electrons. The second kappa shape index (κ2) is 5.58. The van der Waals surface area contributed by atoms with Crippen LogP contribution in [0, 0.1) is 0 Å². The lowest BCUT2D eigenvalue weighted by molar-refractivity contribution is -0.945. The summed E-state index contributed by atoms with van der Waals surface area (Å²) in [5.74, 6) is 1.87. The van der Waals surface area contributed by atoms with Crippen molar-refractivity contribution in [3.63, 3.8) is 0 Å². The van der Waals surface area contributed by atoms with Gasteiger partial charge in [0, 0.05) is 29.9 Å². The van der Waals surface area contributed by atoms with Crippen molar-refractivity contribution < 1.29 is 13.9 Å². The van der Waals surface area contributed by atoms with E-state index in [1.54, 1.807) is 0 Å². The van der Waals surface area contributed by atoms with Gasteiger partial charge in [-0.1, -0.05) is 24.3 Å². The molecule has 11 rings (SSSR count). The van der Waals surface area contributed by atoms with Crippen LogP contribution in [0.4, 0.5) is 0 Å². The average Bonchev–Trinajstić information content (AvgIpc) is 3.47. The maximum absolute atomic E-state index is 6.79. The highest BCUT2D eigenvalue weighted by molar-refractivity contribution is 6.28. The van der Waals surface area contributed by atoms with Gasteiger partial charge in [0.15, 0.2) is 23.5 Å². The second-order valence-corrected chi connectivity index (χ2v) is 10.7. The molecule has 1 spiro atoms. The molecule has 6 heterocycles. The van der Waals surface area contributed by atoms with E-state index in [2.05, 4.69) is 105 Å². The molecule has 1 atom stereocenters. The number of ether oxygens (including phenoxy) is 1. The first kappa shape index (κ1) is 18.2. The maximum Gasteiger partial charge on any atom is 0.425 e. The zero-order valence-electron chi connectivity index (χ0n) is 20.1. The third kappa shape index (κ3) is 1.61. The van der Waals surface area contributed by atoms with Crippen molar-refractivity contribution in [2.24, 2.45) is 0 Å². The summed E-state index contributed by atoms with van der Waals surface area (Å²) in [6.45, 7) is 0. The topological polar surface area (TPSA) is 29.9 Å². The standard InChI is InChI=1S/C34H17N3O/c1-2-6-19-18(5-1)21-9-11-26-30-28(21)32-23(19)7-3-15-36(32)34(30)31-27(38-26)12-10-22-25-17-35-14-13-20(25)24-8-4-16-37(34)33(24)29(22)31/h1-17H/q+2. The lowest BCUT2D eigenvalue weighted by Crippen LogP contribution is -2.72. The molecule has 4 nitrogen and oxygen atoms in total. The minimum atomic E-state index is -0.562. The summed E-state index contributed by atoms with van der Waals surface area (Å²) in [6.07, 6.45) is 8.45. The van der Waals surface area contributed by atoms with Crippen molar-refractivity contribution in [2.75, 3.05) is 0 Å². The Labute approximate surface area is 215 Å². The predicted octanol–water partition coefficient (Wildman–Crippen LogP) is 6.61. The highest BCUT2D eigenvalue weighted by Crippen LogP contribution is 2.58. The normalized spacial score (nSPS) is 17.8. The largest absolute Gasteiger partial charge is 0.456 e. The van der Waals surface area contributed by atoms with Gasteiger partial charge in [-0.15, -0.1) is 9.13 Å². The fraction of sp³-hybridized carbons (Fsp3) is 0.0294. The van der Waals surface area contributed by atoms with Crippen molar-refractivity contribution in [1.29, 1.82) is 0 Å². The van der Waals surface area contributed by atoms with Gasteiger partial charge < -0.3 is 4.74 Å². The SMILES string of the molecule is c1ccc2c(c1)c1ccc3c4c1c1c2ccc[n+]1C41c2c(ccc4c5cnccc5c5ccc[n+]1c5c24)O3. The summed E-state index contributed by atoms with van der Waals surface area (Å²) in [6, 6.07) is 28.7. The van der Waals surface area contributed by atoms with Gasteiger partial charge in [-0.3, -0.25) is 4.98 Å². The molecule has 3 aromatic heterocycles. The molecular formula is C34H17N3O+2. The molecule has 0 saturated heterocycles. The van der Waals surface area contributed by atoms with E-state index >= 15 is 0 Å². The Hall–Kier alpha value is -5.09. The third-order valence-corrected chi connectivity index (χ3v) is 9.32. The Morgan fingerprint density at radius 1 is 0.526 bits per heavy atom. The van der Waals surface area contributed by atoms with Crippen LogP contribution in [0.15, 0.2) is 104 Å². The Morgan fingerprint density at radius 3 is 1.74 bits per heavy atom. The summed E-state index contributed by atoms with van der Waals surface area (Å²) in [5.41, 5.74) is 4.44. The molecule has 38 heavy (non-hydrogen) atoms. The first-order chi connectivity index (χ1) is 18.9. The molecule has 0 saturated carbocycles. The fourth-order valence-electron chi connectivity index (χ4n) is 8.11. The minimum Gasteiger partial charge on any atom is -0.456 e. The van der Waals surface area contributed by atoms with Crippen LogP contribution < -0.4 is 13.9 Å². The molecule has 8 aromatic rings. The van der Waals surface area contributed by atoms with Crippen molar-refractivity contribution in [2.45, 2.75) is 5.66 Å². The van der Waals surface area contributed by atoms with Crippen LogP contribution in [-0.2, 0) is 5.66 Å². The Kier molecular flexibility index (Phi) is 2.67. The van der Waals surface area contributed by atoms with Gasteiger partial charge >= 0.3 is 5.66 Å². The summed E-state index contributed by atoms with van der Waals surface area (Å²) in [4.78, 5) is 4.52. The number of fused-ring (bicyclic) bond motifs is 6. The number of hydrogen-bond acceptors (Lipinski definition) is 2. The molecular weight excluding hydrogens is 466 g/mol. The summed E-state index contributed by atoms with van der Waals surface area (Å²) in [5, 5.41) is 12.6. The summed E-state index contributed by atoms with van der Waals surface area (Å²) >= 11 is 0. The highest BCUT2D eigenvalue weighted by Gasteiger charge is 2.69. The van der Waals surface area contributed by atoms with Crippen LogP contribution in [0.2, 0.25) is 0 Å². The molecule has 0 radical (unpaired) electrons. The highest BCUT2D eigenvalue weighted by atomic mass is 16.5. The number of hydrogen-bond donors (Lipinski definition) is 0. The van der Waals surface area contributed by atoms with E-state index in [0.717, 1.165) is 11.5 Å². The van der Waals surface area contributed by atoms with Crippen LogP contribution in [0.5, 0.6) is 11.5 Å². The number of nitrogens with zero attached hydrogens (tertiary/aromatic N) is 3. The third-order valence-electron chi connectivity index (χ3n) is 9.32. The summed E-state index contributed by atoms with van der Waals surface area (Å²) in [7, 11) is 0. The van der Waals surface area contributed by atoms with Crippen molar-refractivity contribution >= 4 is 64.9 Å². The number of aromatic nitrogens is 3. The first-order valence-electron chi connectivity index (χ1n) is 13.1. The van der Waals surface area contributed by atoms with Crippen LogP contribution in [0.25, 0.3) is 64.9 Å². The molecule has 0 bridgehead atoms. The molecule has 0 fully saturated rings. The van der Waals surface area contributed by atoms with Gasteiger partial charge in [0.25, 0.3) is 0 Å². The molecule has 0 amide bonds. The molecule has 5 aromatic carbocycles. The zero-order valence-corrected chi connectivity index (χ0v) is 20.1. The Balaban J connectivity index is 1.51. The van der Waals surface area contributed by atoms with Crippen LogP contribution in [0.1, 0.15) is 11.1 Å². The second-order valence-electron chi connectivity index (χ2n) is 10.7. The van der Waals surface area contributed by atoms with Gasteiger partial charge in [0.2, 0.25) is 11.0 Å². The quantitative estimate of drug-likeness (QED) is 0.180. The lowest BCUT2D eigenvalue weighted by Gasteiger charge is -2.26. The van der Waals surface area contributed by atoms with E-state index < -0.39 is 5.66 Å². The van der Waals surface area contributed by atoms with E-state index in [4.69, 9.17) is 4.74 Å². The molecule has 1 unspecified atom stereocenters. The maximum atomic E-state index is 6.79. The predicted molar refractivity (Wildman–Crippen MR) is 148 cm³/mol. The van der Waals surface area contributed by atoms with E-state index in [1.165, 1.54) is 76.0 Å². The Bertz CT molecular complexity index is 2320. The van der Waals surface area contributed by atoms with Gasteiger partial charge in [-0.25, -0.2) is 0 Å².